The van der Waals surface area contributed by atoms with E-state index < -0.39 is 8.32 Å². The lowest BCUT2D eigenvalue weighted by molar-refractivity contribution is -0.924. The Morgan fingerprint density at radius 2 is 1.76 bits per heavy atom. The topological polar surface area (TPSA) is 9.23 Å². The zero-order valence-electron chi connectivity index (χ0n) is 14.0. The highest BCUT2D eigenvalue weighted by Gasteiger charge is 2.30. The van der Waals surface area contributed by atoms with Gasteiger partial charge in [-0.3, -0.25) is 0 Å². The quantitative estimate of drug-likeness (QED) is 0.377. The predicted octanol–water partition coefficient (Wildman–Crippen LogP) is 0.825. The second kappa shape index (κ2) is 8.08. The minimum absolute atomic E-state index is 0. The lowest BCUT2D eigenvalue weighted by atomic mass is 9.98. The zero-order chi connectivity index (χ0) is 14.6. The van der Waals surface area contributed by atoms with Gasteiger partial charge >= 0.3 is 0 Å². The van der Waals surface area contributed by atoms with Crippen molar-refractivity contribution in [2.75, 3.05) is 26.7 Å². The second-order valence-corrected chi connectivity index (χ2v) is 11.4. The molecule has 1 unspecified atom stereocenters. The van der Waals surface area contributed by atoms with E-state index in [-0.39, 0.29) is 24.0 Å². The van der Waals surface area contributed by atoms with Crippen molar-refractivity contribution in [3.8, 4) is 0 Å². The van der Waals surface area contributed by atoms with E-state index >= 15 is 0 Å². The van der Waals surface area contributed by atoms with Crippen molar-refractivity contribution >= 4 is 8.32 Å². The third-order valence-electron chi connectivity index (χ3n) is 5.17. The Kier molecular flexibility index (Phi) is 7.37. The van der Waals surface area contributed by atoms with Crippen LogP contribution in [0.15, 0.2) is 24.3 Å². The number of benzene rings is 1. The van der Waals surface area contributed by atoms with Crippen LogP contribution in [-0.2, 0) is 17.4 Å². The van der Waals surface area contributed by atoms with Gasteiger partial charge in [0.2, 0.25) is 0 Å². The number of fused-ring (bicyclic) bond motifs is 1. The van der Waals surface area contributed by atoms with Crippen LogP contribution < -0.4 is 24.0 Å². The summed E-state index contributed by atoms with van der Waals surface area (Å²) in [4.78, 5) is 0. The summed E-state index contributed by atoms with van der Waals surface area (Å²) in [6.07, 6.45) is 1.21. The summed E-state index contributed by atoms with van der Waals surface area (Å²) in [5.41, 5.74) is 3.08. The van der Waals surface area contributed by atoms with Crippen molar-refractivity contribution in [2.45, 2.75) is 45.4 Å². The van der Waals surface area contributed by atoms with E-state index in [1.807, 2.05) is 0 Å². The van der Waals surface area contributed by atoms with Crippen molar-refractivity contribution < 1.29 is 32.9 Å². The molecule has 0 spiro atoms. The molecule has 0 aliphatic carbocycles. The number of hydrogen-bond acceptors (Lipinski definition) is 1. The lowest BCUT2D eigenvalue weighted by Gasteiger charge is -2.39. The fraction of sp³-hybridized carbons (Fsp3) is 0.647. The van der Waals surface area contributed by atoms with E-state index in [0.717, 1.165) is 24.2 Å². The van der Waals surface area contributed by atoms with E-state index in [2.05, 4.69) is 51.7 Å². The maximum Gasteiger partial charge on any atom is 0.189 e. The minimum Gasteiger partial charge on any atom is -1.00 e. The molecular formula is C17H30INOSi. The Balaban J connectivity index is 0.00000220. The van der Waals surface area contributed by atoms with Crippen LogP contribution in [0.5, 0.6) is 0 Å². The molecule has 0 aromatic heterocycles. The highest BCUT2D eigenvalue weighted by molar-refractivity contribution is 6.72. The molecule has 0 saturated carbocycles. The van der Waals surface area contributed by atoms with E-state index in [0.29, 0.717) is 0 Å². The van der Waals surface area contributed by atoms with Gasteiger partial charge in [0.05, 0.1) is 20.2 Å². The molecule has 1 aromatic rings. The summed E-state index contributed by atoms with van der Waals surface area (Å²) in [6.45, 7) is 11.4. The molecule has 120 valence electrons. The van der Waals surface area contributed by atoms with Gasteiger partial charge in [-0.15, -0.1) is 0 Å². The van der Waals surface area contributed by atoms with Gasteiger partial charge in [0.15, 0.2) is 8.32 Å². The Morgan fingerprint density at radius 1 is 1.14 bits per heavy atom. The van der Waals surface area contributed by atoms with Crippen molar-refractivity contribution in [1.29, 1.82) is 0 Å². The third-order valence-corrected chi connectivity index (χ3v) is 9.06. The molecule has 1 heterocycles. The van der Waals surface area contributed by atoms with Crippen molar-refractivity contribution in [3.05, 3.63) is 35.4 Å². The molecule has 21 heavy (non-hydrogen) atoms. The molecule has 1 aliphatic heterocycles. The molecule has 2 nitrogen and oxygen atoms in total. The normalized spacial score (nSPS) is 21.5. The molecule has 0 N–H and O–H groups in total. The van der Waals surface area contributed by atoms with Crippen molar-refractivity contribution in [2.24, 2.45) is 0 Å². The van der Waals surface area contributed by atoms with Crippen LogP contribution in [0.4, 0.5) is 0 Å². The van der Waals surface area contributed by atoms with Gasteiger partial charge in [-0.05, 0) is 24.2 Å². The average molecular weight is 419 g/mol. The largest absolute Gasteiger partial charge is 1.00 e. The number of quaternary nitrogens is 1. The van der Waals surface area contributed by atoms with Crippen LogP contribution in [0.3, 0.4) is 0 Å². The highest BCUT2D eigenvalue weighted by Crippen LogP contribution is 2.24. The molecule has 1 aliphatic rings. The van der Waals surface area contributed by atoms with Crippen LogP contribution >= 0.6 is 0 Å². The lowest BCUT2D eigenvalue weighted by Crippen LogP contribution is -3.00. The maximum atomic E-state index is 6.31. The van der Waals surface area contributed by atoms with Gasteiger partial charge in [0.25, 0.3) is 0 Å². The number of nitrogens with zero attached hydrogens (tertiary/aromatic N) is 1. The molecule has 1 aromatic carbocycles. The van der Waals surface area contributed by atoms with E-state index in [1.54, 1.807) is 5.56 Å². The highest BCUT2D eigenvalue weighted by atomic mass is 127. The summed E-state index contributed by atoms with van der Waals surface area (Å²) in [5.74, 6) is 0. The zero-order valence-corrected chi connectivity index (χ0v) is 17.2. The van der Waals surface area contributed by atoms with Crippen LogP contribution in [-0.4, -0.2) is 39.5 Å². The Bertz CT molecular complexity index is 450. The summed E-state index contributed by atoms with van der Waals surface area (Å²) in [6, 6.07) is 11.4. The molecule has 0 fully saturated rings. The molecule has 4 heteroatoms. The fourth-order valence-corrected chi connectivity index (χ4v) is 4.49. The predicted molar refractivity (Wildman–Crippen MR) is 88.3 cm³/mol. The summed E-state index contributed by atoms with van der Waals surface area (Å²) in [5, 5.41) is 0. The molecule has 0 bridgehead atoms. The van der Waals surface area contributed by atoms with Gasteiger partial charge in [-0.25, -0.2) is 0 Å². The van der Waals surface area contributed by atoms with Crippen molar-refractivity contribution in [1.82, 2.24) is 0 Å². The van der Waals surface area contributed by atoms with Crippen LogP contribution in [0, 0.1) is 0 Å². The van der Waals surface area contributed by atoms with Gasteiger partial charge < -0.3 is 32.9 Å². The first-order valence-electron chi connectivity index (χ1n) is 8.04. The Labute approximate surface area is 148 Å². The van der Waals surface area contributed by atoms with Gasteiger partial charge in [0, 0.05) is 12.0 Å². The van der Waals surface area contributed by atoms with Crippen molar-refractivity contribution in [3.63, 3.8) is 0 Å². The smallest absolute Gasteiger partial charge is 0.189 e. The second-order valence-electron chi connectivity index (χ2n) is 6.75. The minimum atomic E-state index is -1.40. The van der Waals surface area contributed by atoms with Crippen LogP contribution in [0.25, 0.3) is 0 Å². The van der Waals surface area contributed by atoms with Gasteiger partial charge in [-0.2, -0.15) is 0 Å². The average Bonchev–Trinajstić information content (AvgIpc) is 2.46. The first-order valence-corrected chi connectivity index (χ1v) is 10.9. The molecule has 0 amide bonds. The first kappa shape index (κ1) is 19.1. The van der Waals surface area contributed by atoms with E-state index in [4.69, 9.17) is 4.43 Å². The number of halogens is 1. The summed E-state index contributed by atoms with van der Waals surface area (Å²) < 4.78 is 7.44. The molecule has 0 saturated heterocycles. The number of hydrogen-bond donors (Lipinski definition) is 0. The maximum absolute atomic E-state index is 6.31. The Hall–Kier alpha value is 0.0869. The SMILES string of the molecule is CC[Si](C)(CC)OCC[N+]1(C)CCc2ccccc2C1.[I-]. The number of rotatable bonds is 6. The summed E-state index contributed by atoms with van der Waals surface area (Å²) in [7, 11) is 0.989. The van der Waals surface area contributed by atoms with Gasteiger partial charge in [0.1, 0.15) is 13.1 Å². The van der Waals surface area contributed by atoms with Crippen LogP contribution in [0.1, 0.15) is 25.0 Å². The fourth-order valence-electron chi connectivity index (χ4n) is 2.99. The van der Waals surface area contributed by atoms with E-state index in [9.17, 15) is 0 Å². The van der Waals surface area contributed by atoms with E-state index in [1.165, 1.54) is 30.6 Å². The summed E-state index contributed by atoms with van der Waals surface area (Å²) >= 11 is 0. The standard InChI is InChI=1S/C17H30NOSi.HI/c1-5-20(4,6-2)19-14-13-18(3)12-11-16-9-7-8-10-17(16)15-18;/h7-10H,5-6,11-15H2,1-4H3;1H/q+1;/p-1. The molecule has 0 radical (unpaired) electrons. The van der Waals surface area contributed by atoms with Gasteiger partial charge in [-0.1, -0.05) is 38.1 Å². The molecular weight excluding hydrogens is 389 g/mol. The third kappa shape index (κ3) is 5.05. The molecule has 1 atom stereocenters. The molecule has 2 rings (SSSR count). The number of likely N-dealkylation sites (N-methyl/N-ethyl adjacent to an activating group) is 1. The first-order chi connectivity index (χ1) is 9.50. The van der Waals surface area contributed by atoms with Crippen LogP contribution in [0.2, 0.25) is 18.6 Å². The Morgan fingerprint density at radius 3 is 2.38 bits per heavy atom. The monoisotopic (exact) mass is 419 g/mol.